The summed E-state index contributed by atoms with van der Waals surface area (Å²) in [5.74, 6) is 0. The number of hydrogen-bond donors (Lipinski definition) is 0. The van der Waals surface area contributed by atoms with Gasteiger partial charge in [-0.15, -0.1) is 0 Å². The molecule has 0 aliphatic rings. The second-order valence-corrected chi connectivity index (χ2v) is 2.05. The van der Waals surface area contributed by atoms with E-state index >= 15 is 0 Å². The molecule has 0 fully saturated rings. The Kier molecular flexibility index (Phi) is 4.73. The molecule has 0 unspecified atom stereocenters. The maximum atomic E-state index is 3.89. The summed E-state index contributed by atoms with van der Waals surface area (Å²) in [5.41, 5.74) is 1.36. The fourth-order valence-corrected chi connectivity index (χ4v) is 0.525. The average Bonchev–Trinajstić information content (AvgIpc) is 1.83. The highest BCUT2D eigenvalue weighted by molar-refractivity contribution is 4.92. The van der Waals surface area contributed by atoms with Gasteiger partial charge in [0.2, 0.25) is 0 Å². The first kappa shape index (κ1) is 7.74. The van der Waals surface area contributed by atoms with E-state index in [0.29, 0.717) is 0 Å². The van der Waals surface area contributed by atoms with E-state index in [9.17, 15) is 0 Å². The number of allylic oxidation sites excluding steroid dienone is 1. The Morgan fingerprint density at radius 2 is 2.25 bits per heavy atom. The molecule has 8 heavy (non-hydrogen) atoms. The molecule has 1 radical (unpaired) electrons. The van der Waals surface area contributed by atoms with Crippen LogP contribution in [0.15, 0.2) is 12.2 Å². The Hall–Kier alpha value is -0.260. The summed E-state index contributed by atoms with van der Waals surface area (Å²) in [5, 5.41) is 0. The van der Waals surface area contributed by atoms with Gasteiger partial charge in [0.15, 0.2) is 0 Å². The Bertz CT molecular complexity index is 62.4. The molecule has 0 amide bonds. The zero-order chi connectivity index (χ0) is 6.41. The molecule has 0 rings (SSSR count). The molecular weight excluding hydrogens is 96.1 g/mol. The van der Waals surface area contributed by atoms with Gasteiger partial charge in [0.05, 0.1) is 0 Å². The molecule has 0 atom stereocenters. The van der Waals surface area contributed by atoms with Gasteiger partial charge in [-0.05, 0) is 25.7 Å². The second-order valence-electron chi connectivity index (χ2n) is 2.05. The van der Waals surface area contributed by atoms with Crippen LogP contribution >= 0.6 is 0 Å². The third-order valence-corrected chi connectivity index (χ3v) is 1.29. The van der Waals surface area contributed by atoms with Gasteiger partial charge in [-0.2, -0.15) is 0 Å². The summed E-state index contributed by atoms with van der Waals surface area (Å²) in [7, 11) is 0. The van der Waals surface area contributed by atoms with Gasteiger partial charge in [-0.1, -0.05) is 26.0 Å². The molecule has 47 valence electrons. The summed E-state index contributed by atoms with van der Waals surface area (Å²) in [6.45, 7) is 8.13. The third-order valence-electron chi connectivity index (χ3n) is 1.29. The number of hydrogen-bond acceptors (Lipinski definition) is 0. The molecule has 0 spiro atoms. The molecule has 0 aliphatic heterocycles. The minimum atomic E-state index is 1.13. The lowest BCUT2D eigenvalue weighted by molar-refractivity contribution is 0.875. The van der Waals surface area contributed by atoms with Crippen LogP contribution in [-0.4, -0.2) is 0 Å². The highest BCUT2D eigenvalue weighted by Gasteiger charge is 1.86. The van der Waals surface area contributed by atoms with Gasteiger partial charge in [-0.3, -0.25) is 0 Å². The van der Waals surface area contributed by atoms with Crippen molar-refractivity contribution in [3.63, 3.8) is 0 Å². The first-order valence-electron chi connectivity index (χ1n) is 3.25. The SMILES string of the molecule is C=C(CC)CC[CH]C. The van der Waals surface area contributed by atoms with Gasteiger partial charge >= 0.3 is 0 Å². The van der Waals surface area contributed by atoms with Crippen molar-refractivity contribution in [1.29, 1.82) is 0 Å². The van der Waals surface area contributed by atoms with E-state index in [4.69, 9.17) is 0 Å². The van der Waals surface area contributed by atoms with Crippen LogP contribution in [0.5, 0.6) is 0 Å². The lowest BCUT2D eigenvalue weighted by atomic mass is 10.1. The van der Waals surface area contributed by atoms with Crippen LogP contribution in [0.25, 0.3) is 0 Å². The summed E-state index contributed by atoms with van der Waals surface area (Å²) in [6.07, 6.45) is 5.67. The molecule has 0 saturated carbocycles. The van der Waals surface area contributed by atoms with E-state index < -0.39 is 0 Å². The fourth-order valence-electron chi connectivity index (χ4n) is 0.525. The van der Waals surface area contributed by atoms with Crippen molar-refractivity contribution in [1.82, 2.24) is 0 Å². The standard InChI is InChI=1S/C8H15/c1-4-6-7-8(3)5-2/h4H,3,5-7H2,1-2H3. The molecule has 0 saturated heterocycles. The van der Waals surface area contributed by atoms with Crippen molar-refractivity contribution in [3.05, 3.63) is 18.6 Å². The monoisotopic (exact) mass is 111 g/mol. The Morgan fingerprint density at radius 1 is 1.62 bits per heavy atom. The van der Waals surface area contributed by atoms with Gasteiger partial charge in [0, 0.05) is 0 Å². The van der Waals surface area contributed by atoms with Crippen molar-refractivity contribution >= 4 is 0 Å². The summed E-state index contributed by atoms with van der Waals surface area (Å²) >= 11 is 0. The van der Waals surface area contributed by atoms with Crippen molar-refractivity contribution in [2.24, 2.45) is 0 Å². The topological polar surface area (TPSA) is 0 Å². The predicted octanol–water partition coefficient (Wildman–Crippen LogP) is 2.96. The average molecular weight is 111 g/mol. The lowest BCUT2D eigenvalue weighted by Crippen LogP contribution is -1.77. The summed E-state index contributed by atoms with van der Waals surface area (Å²) in [4.78, 5) is 0. The van der Waals surface area contributed by atoms with Crippen LogP contribution in [0.2, 0.25) is 0 Å². The van der Waals surface area contributed by atoms with E-state index in [-0.39, 0.29) is 0 Å². The van der Waals surface area contributed by atoms with Crippen LogP contribution < -0.4 is 0 Å². The third kappa shape index (κ3) is 3.91. The molecule has 0 aromatic carbocycles. The molecule has 0 aliphatic carbocycles. The van der Waals surface area contributed by atoms with Crippen LogP contribution in [0.4, 0.5) is 0 Å². The Balaban J connectivity index is 2.99. The zero-order valence-corrected chi connectivity index (χ0v) is 5.91. The van der Waals surface area contributed by atoms with Crippen molar-refractivity contribution in [2.45, 2.75) is 33.1 Å². The minimum absolute atomic E-state index is 1.13. The van der Waals surface area contributed by atoms with Gasteiger partial charge < -0.3 is 0 Å². The largest absolute Gasteiger partial charge is 0.0999 e. The Morgan fingerprint density at radius 3 is 2.62 bits per heavy atom. The van der Waals surface area contributed by atoms with Gasteiger partial charge in [-0.25, -0.2) is 0 Å². The first-order valence-corrected chi connectivity index (χ1v) is 3.25. The zero-order valence-electron chi connectivity index (χ0n) is 5.91. The van der Waals surface area contributed by atoms with E-state index in [1.165, 1.54) is 18.4 Å². The maximum absolute atomic E-state index is 3.89. The molecule has 0 nitrogen and oxygen atoms in total. The van der Waals surface area contributed by atoms with E-state index in [1.54, 1.807) is 0 Å². The minimum Gasteiger partial charge on any atom is -0.0999 e. The Labute approximate surface area is 52.6 Å². The van der Waals surface area contributed by atoms with Crippen LogP contribution in [0.1, 0.15) is 33.1 Å². The first-order chi connectivity index (χ1) is 3.81. The number of rotatable bonds is 4. The van der Waals surface area contributed by atoms with E-state index in [2.05, 4.69) is 26.8 Å². The lowest BCUT2D eigenvalue weighted by Gasteiger charge is -1.96. The predicted molar refractivity (Wildman–Crippen MR) is 38.6 cm³/mol. The molecular formula is C8H15. The number of unbranched alkanes of at least 4 members (excludes halogenated alkanes) is 1. The normalized spacial score (nSPS) is 9.25. The van der Waals surface area contributed by atoms with Gasteiger partial charge in [0.1, 0.15) is 0 Å². The summed E-state index contributed by atoms with van der Waals surface area (Å²) < 4.78 is 0. The maximum Gasteiger partial charge on any atom is -0.0320 e. The highest BCUT2D eigenvalue weighted by atomic mass is 13.9. The van der Waals surface area contributed by atoms with E-state index in [1.807, 2.05) is 0 Å². The second kappa shape index (κ2) is 4.89. The highest BCUT2D eigenvalue weighted by Crippen LogP contribution is 2.06. The summed E-state index contributed by atoms with van der Waals surface area (Å²) in [6, 6.07) is 0. The fraction of sp³-hybridized carbons (Fsp3) is 0.625. The van der Waals surface area contributed by atoms with Crippen molar-refractivity contribution in [3.8, 4) is 0 Å². The molecule has 0 bridgehead atoms. The molecule has 0 aromatic rings. The molecule has 0 aromatic heterocycles. The molecule has 0 heteroatoms. The van der Waals surface area contributed by atoms with Crippen molar-refractivity contribution < 1.29 is 0 Å². The van der Waals surface area contributed by atoms with Crippen LogP contribution in [0.3, 0.4) is 0 Å². The smallest absolute Gasteiger partial charge is 0.0320 e. The molecule has 0 N–H and O–H groups in total. The molecule has 0 heterocycles. The van der Waals surface area contributed by atoms with E-state index in [0.717, 1.165) is 6.42 Å². The van der Waals surface area contributed by atoms with Crippen LogP contribution in [0, 0.1) is 6.42 Å². The quantitative estimate of drug-likeness (QED) is 0.489. The van der Waals surface area contributed by atoms with Crippen molar-refractivity contribution in [2.75, 3.05) is 0 Å². The van der Waals surface area contributed by atoms with Gasteiger partial charge in [0.25, 0.3) is 0 Å². The van der Waals surface area contributed by atoms with Crippen LogP contribution in [-0.2, 0) is 0 Å².